The summed E-state index contributed by atoms with van der Waals surface area (Å²) in [4.78, 5) is 16.4. The van der Waals surface area contributed by atoms with E-state index in [2.05, 4.69) is 10.3 Å². The Morgan fingerprint density at radius 3 is 2.74 bits per heavy atom. The van der Waals surface area contributed by atoms with E-state index in [9.17, 15) is 13.2 Å². The number of amides is 1. The van der Waals surface area contributed by atoms with Crippen LogP contribution in [0.15, 0.2) is 23.6 Å². The Morgan fingerprint density at radius 2 is 2.04 bits per heavy atom. The molecule has 0 saturated carbocycles. The van der Waals surface area contributed by atoms with Crippen LogP contribution in [-0.2, 0) is 14.6 Å². The van der Waals surface area contributed by atoms with Crippen molar-refractivity contribution in [3.05, 3.63) is 23.6 Å². The lowest BCUT2D eigenvalue weighted by Crippen LogP contribution is -2.37. The van der Waals surface area contributed by atoms with Gasteiger partial charge in [0, 0.05) is 17.2 Å². The number of hydrogen-bond acceptors (Lipinski definition) is 8. The first kappa shape index (κ1) is 21.4. The number of thiazole rings is 1. The predicted octanol–water partition coefficient (Wildman–Crippen LogP) is 1.70. The highest BCUT2D eigenvalue weighted by Gasteiger charge is 2.18. The zero-order valence-corrected chi connectivity index (χ0v) is 17.0. The van der Waals surface area contributed by atoms with Gasteiger partial charge in [0.2, 0.25) is 5.91 Å². The number of hydrogen-bond donors (Lipinski definition) is 2. The smallest absolute Gasteiger partial charge is 0.243 e. The molecule has 0 saturated heterocycles. The number of benzene rings is 1. The molecule has 11 heteroatoms. The standard InChI is InChI=1S/C16H19N3O5S2.ClH/c1-26(21,22)7-4-11(17)15(20)19-16-18-12(9-25-16)10-2-3-13-14(8-10)24-6-5-23-13;/h2-3,8-9,11H,4-7,17H2,1H3,(H,18,19,20);1H. The minimum atomic E-state index is -3.16. The third-order valence-corrected chi connectivity index (χ3v) is 5.44. The van der Waals surface area contributed by atoms with Crippen molar-refractivity contribution in [1.82, 2.24) is 4.98 Å². The number of carbonyl (C=O) groups is 1. The second kappa shape index (κ2) is 8.87. The Bertz CT molecular complexity index is 917. The molecule has 0 bridgehead atoms. The Hall–Kier alpha value is -1.88. The number of halogens is 1. The van der Waals surface area contributed by atoms with Gasteiger partial charge in [0.1, 0.15) is 23.1 Å². The minimum Gasteiger partial charge on any atom is -0.486 e. The Kier molecular flexibility index (Phi) is 7.04. The third-order valence-electron chi connectivity index (χ3n) is 3.71. The van der Waals surface area contributed by atoms with E-state index in [0.29, 0.717) is 35.5 Å². The largest absolute Gasteiger partial charge is 0.486 e. The fourth-order valence-corrected chi connectivity index (χ4v) is 3.74. The Morgan fingerprint density at radius 1 is 1.33 bits per heavy atom. The van der Waals surface area contributed by atoms with Gasteiger partial charge >= 0.3 is 0 Å². The van der Waals surface area contributed by atoms with Crippen molar-refractivity contribution < 1.29 is 22.7 Å². The quantitative estimate of drug-likeness (QED) is 0.711. The SMILES string of the molecule is CS(=O)(=O)CCC(N)C(=O)Nc1nc(-c2ccc3c(c2)OCCO3)cs1.Cl. The Balaban J connectivity index is 0.00000261. The molecule has 1 atom stereocenters. The summed E-state index contributed by atoms with van der Waals surface area (Å²) >= 11 is 1.26. The molecule has 3 N–H and O–H groups in total. The number of sulfone groups is 1. The van der Waals surface area contributed by atoms with Crippen molar-refractivity contribution in [3.8, 4) is 22.8 Å². The summed E-state index contributed by atoms with van der Waals surface area (Å²) in [5.41, 5.74) is 7.26. The van der Waals surface area contributed by atoms with E-state index in [0.717, 1.165) is 11.8 Å². The van der Waals surface area contributed by atoms with Crippen LogP contribution in [0.25, 0.3) is 11.3 Å². The zero-order chi connectivity index (χ0) is 18.7. The van der Waals surface area contributed by atoms with Crippen LogP contribution in [0.5, 0.6) is 11.5 Å². The van der Waals surface area contributed by atoms with Crippen molar-refractivity contribution in [2.24, 2.45) is 5.73 Å². The highest BCUT2D eigenvalue weighted by molar-refractivity contribution is 7.90. The van der Waals surface area contributed by atoms with Gasteiger partial charge in [-0.1, -0.05) is 0 Å². The van der Waals surface area contributed by atoms with Gasteiger partial charge in [-0.2, -0.15) is 0 Å². The summed E-state index contributed by atoms with van der Waals surface area (Å²) in [5.74, 6) is 0.759. The molecule has 27 heavy (non-hydrogen) atoms. The lowest BCUT2D eigenvalue weighted by atomic mass is 10.1. The number of anilines is 1. The van der Waals surface area contributed by atoms with Crippen LogP contribution in [0, 0.1) is 0 Å². The molecule has 1 amide bonds. The van der Waals surface area contributed by atoms with E-state index >= 15 is 0 Å². The van der Waals surface area contributed by atoms with Crippen LogP contribution >= 0.6 is 23.7 Å². The zero-order valence-electron chi connectivity index (χ0n) is 14.5. The molecule has 1 unspecified atom stereocenters. The number of ether oxygens (including phenoxy) is 2. The maximum Gasteiger partial charge on any atom is 0.243 e. The second-order valence-corrected chi connectivity index (χ2v) is 9.03. The molecule has 0 fully saturated rings. The van der Waals surface area contributed by atoms with E-state index < -0.39 is 21.8 Å². The molecule has 0 spiro atoms. The van der Waals surface area contributed by atoms with E-state index in [1.165, 1.54) is 11.3 Å². The summed E-state index contributed by atoms with van der Waals surface area (Å²) < 4.78 is 33.4. The lowest BCUT2D eigenvalue weighted by molar-refractivity contribution is -0.117. The van der Waals surface area contributed by atoms with Gasteiger partial charge in [-0.15, -0.1) is 23.7 Å². The van der Waals surface area contributed by atoms with Crippen molar-refractivity contribution >= 4 is 44.6 Å². The molecule has 1 aromatic heterocycles. The van der Waals surface area contributed by atoms with Crippen molar-refractivity contribution in [1.29, 1.82) is 0 Å². The molecule has 1 aromatic carbocycles. The summed E-state index contributed by atoms with van der Waals surface area (Å²) in [6.45, 7) is 1.03. The highest BCUT2D eigenvalue weighted by atomic mass is 35.5. The topological polar surface area (TPSA) is 121 Å². The number of carbonyl (C=O) groups excluding carboxylic acids is 1. The molecule has 8 nitrogen and oxygen atoms in total. The monoisotopic (exact) mass is 433 g/mol. The fourth-order valence-electron chi connectivity index (χ4n) is 2.34. The molecule has 0 aliphatic carbocycles. The van der Waals surface area contributed by atoms with Crippen LogP contribution in [-0.4, -0.2) is 50.6 Å². The van der Waals surface area contributed by atoms with Crippen molar-refractivity contribution in [3.63, 3.8) is 0 Å². The van der Waals surface area contributed by atoms with E-state index in [1.54, 1.807) is 0 Å². The summed E-state index contributed by atoms with van der Waals surface area (Å²) in [6.07, 6.45) is 1.17. The molecular formula is C16H20ClN3O5S2. The predicted molar refractivity (Wildman–Crippen MR) is 107 cm³/mol. The first-order valence-electron chi connectivity index (χ1n) is 7.91. The highest BCUT2D eigenvalue weighted by Crippen LogP contribution is 2.35. The number of nitrogens with two attached hydrogens (primary N) is 1. The van der Waals surface area contributed by atoms with Gasteiger partial charge in [0.05, 0.1) is 17.5 Å². The molecule has 2 aromatic rings. The molecular weight excluding hydrogens is 414 g/mol. The number of nitrogens with zero attached hydrogens (tertiary/aromatic N) is 1. The van der Waals surface area contributed by atoms with Crippen molar-refractivity contribution in [2.45, 2.75) is 12.5 Å². The normalized spacial score (nSPS) is 14.1. The first-order chi connectivity index (χ1) is 12.3. The van der Waals surface area contributed by atoms with Gasteiger partial charge in [0.25, 0.3) is 0 Å². The van der Waals surface area contributed by atoms with Gasteiger partial charge in [-0.05, 0) is 24.6 Å². The number of nitrogens with one attached hydrogen (secondary N) is 1. The van der Waals surface area contributed by atoms with Gasteiger partial charge in [-0.3, -0.25) is 4.79 Å². The first-order valence-corrected chi connectivity index (χ1v) is 10.9. The molecule has 0 radical (unpaired) electrons. The van der Waals surface area contributed by atoms with Crippen LogP contribution in [0.4, 0.5) is 5.13 Å². The molecule has 1 aliphatic heterocycles. The molecule has 1 aliphatic rings. The average molecular weight is 434 g/mol. The third kappa shape index (κ3) is 5.80. The summed E-state index contributed by atoms with van der Waals surface area (Å²) in [7, 11) is -3.16. The Labute approximate surface area is 167 Å². The van der Waals surface area contributed by atoms with Crippen LogP contribution < -0.4 is 20.5 Å². The van der Waals surface area contributed by atoms with E-state index in [4.69, 9.17) is 15.2 Å². The molecule has 148 valence electrons. The fraction of sp³-hybridized carbons (Fsp3) is 0.375. The molecule has 3 rings (SSSR count). The summed E-state index contributed by atoms with van der Waals surface area (Å²) in [5, 5.41) is 4.83. The minimum absolute atomic E-state index is 0. The number of rotatable bonds is 6. The van der Waals surface area contributed by atoms with Gasteiger partial charge in [0.15, 0.2) is 16.6 Å². The molecule has 2 heterocycles. The van der Waals surface area contributed by atoms with Crippen LogP contribution in [0.3, 0.4) is 0 Å². The van der Waals surface area contributed by atoms with E-state index in [1.807, 2.05) is 23.6 Å². The summed E-state index contributed by atoms with van der Waals surface area (Å²) in [6, 6.07) is 4.62. The number of aromatic nitrogens is 1. The lowest BCUT2D eigenvalue weighted by Gasteiger charge is -2.18. The van der Waals surface area contributed by atoms with E-state index in [-0.39, 0.29) is 24.6 Å². The van der Waals surface area contributed by atoms with Crippen LogP contribution in [0.1, 0.15) is 6.42 Å². The maximum atomic E-state index is 12.1. The second-order valence-electron chi connectivity index (χ2n) is 5.91. The van der Waals surface area contributed by atoms with Crippen molar-refractivity contribution in [2.75, 3.05) is 30.5 Å². The van der Waals surface area contributed by atoms with Gasteiger partial charge < -0.3 is 20.5 Å². The number of fused-ring (bicyclic) bond motifs is 1. The van der Waals surface area contributed by atoms with Crippen LogP contribution in [0.2, 0.25) is 0 Å². The average Bonchev–Trinajstić information content (AvgIpc) is 3.07. The van der Waals surface area contributed by atoms with Gasteiger partial charge in [-0.25, -0.2) is 13.4 Å². The maximum absolute atomic E-state index is 12.1.